The minimum absolute atomic E-state index is 0.0883. The fraction of sp³-hybridized carbons (Fsp3) is 0.600. The number of anilines is 1. The Morgan fingerprint density at radius 2 is 2.39 bits per heavy atom. The standard InChI is InChI=1S/C15H21ClFN3O3/c1-15(2,22)12(17)7-19-14(21)10-6-18-13(16)5-11(10)20-9-3-4-23-8-9/h5-6,9,12,22H,3-4,7-8H2,1-2H3,(H,18,20)(H,19,21)/t9-,12+/m0/s1. The van der Waals surface area contributed by atoms with E-state index in [-0.39, 0.29) is 23.3 Å². The monoisotopic (exact) mass is 345 g/mol. The van der Waals surface area contributed by atoms with Gasteiger partial charge < -0.3 is 20.5 Å². The molecule has 0 saturated carbocycles. The molecular weight excluding hydrogens is 325 g/mol. The van der Waals surface area contributed by atoms with Crippen molar-refractivity contribution in [3.63, 3.8) is 0 Å². The van der Waals surface area contributed by atoms with Gasteiger partial charge in [-0.05, 0) is 26.3 Å². The Balaban J connectivity index is 2.06. The van der Waals surface area contributed by atoms with E-state index in [9.17, 15) is 14.3 Å². The summed E-state index contributed by atoms with van der Waals surface area (Å²) in [5.74, 6) is -0.484. The van der Waals surface area contributed by atoms with Crippen LogP contribution in [0.2, 0.25) is 5.15 Å². The zero-order valence-corrected chi connectivity index (χ0v) is 13.9. The number of amides is 1. The number of halogens is 2. The number of pyridine rings is 1. The van der Waals surface area contributed by atoms with Gasteiger partial charge in [0.1, 0.15) is 11.3 Å². The average molecular weight is 346 g/mol. The lowest BCUT2D eigenvalue weighted by Gasteiger charge is -2.23. The molecule has 1 fully saturated rings. The van der Waals surface area contributed by atoms with Crippen LogP contribution in [-0.4, -0.2) is 53.6 Å². The van der Waals surface area contributed by atoms with Crippen molar-refractivity contribution in [2.75, 3.05) is 25.1 Å². The molecule has 128 valence electrons. The number of aliphatic hydroxyl groups is 1. The fourth-order valence-electron chi connectivity index (χ4n) is 2.13. The van der Waals surface area contributed by atoms with Crippen LogP contribution in [0.5, 0.6) is 0 Å². The quantitative estimate of drug-likeness (QED) is 0.684. The van der Waals surface area contributed by atoms with Crippen molar-refractivity contribution >= 4 is 23.2 Å². The molecule has 1 aliphatic heterocycles. The van der Waals surface area contributed by atoms with E-state index in [4.69, 9.17) is 16.3 Å². The maximum atomic E-state index is 13.7. The molecule has 0 spiro atoms. The van der Waals surface area contributed by atoms with Crippen molar-refractivity contribution in [3.05, 3.63) is 23.0 Å². The van der Waals surface area contributed by atoms with Crippen LogP contribution in [0.3, 0.4) is 0 Å². The molecule has 1 aromatic rings. The van der Waals surface area contributed by atoms with Crippen LogP contribution in [0, 0.1) is 0 Å². The molecule has 0 radical (unpaired) electrons. The van der Waals surface area contributed by atoms with E-state index in [1.54, 1.807) is 6.07 Å². The van der Waals surface area contributed by atoms with Crippen LogP contribution in [0.4, 0.5) is 10.1 Å². The van der Waals surface area contributed by atoms with Gasteiger partial charge in [-0.2, -0.15) is 0 Å². The number of alkyl halides is 1. The Labute approximate surface area is 139 Å². The Kier molecular flexibility index (Phi) is 5.78. The summed E-state index contributed by atoms with van der Waals surface area (Å²) in [7, 11) is 0. The number of nitrogens with one attached hydrogen (secondary N) is 2. The van der Waals surface area contributed by atoms with Crippen LogP contribution >= 0.6 is 11.6 Å². The third kappa shape index (κ3) is 5.02. The number of hydrogen-bond donors (Lipinski definition) is 3. The van der Waals surface area contributed by atoms with Crippen molar-refractivity contribution in [1.29, 1.82) is 0 Å². The molecule has 3 N–H and O–H groups in total. The van der Waals surface area contributed by atoms with Gasteiger partial charge in [0, 0.05) is 12.8 Å². The first-order valence-corrected chi connectivity index (χ1v) is 7.79. The van der Waals surface area contributed by atoms with Gasteiger partial charge in [0.15, 0.2) is 0 Å². The first kappa shape index (κ1) is 17.9. The summed E-state index contributed by atoms with van der Waals surface area (Å²) >= 11 is 5.89. The third-order valence-electron chi connectivity index (χ3n) is 3.61. The smallest absolute Gasteiger partial charge is 0.255 e. The van der Waals surface area contributed by atoms with Gasteiger partial charge >= 0.3 is 0 Å². The highest BCUT2D eigenvalue weighted by Crippen LogP contribution is 2.22. The molecule has 8 heteroatoms. The molecule has 1 aromatic heterocycles. The second-order valence-electron chi connectivity index (χ2n) is 6.09. The van der Waals surface area contributed by atoms with E-state index >= 15 is 0 Å². The van der Waals surface area contributed by atoms with E-state index in [0.717, 1.165) is 6.42 Å². The van der Waals surface area contributed by atoms with Crippen molar-refractivity contribution < 1.29 is 19.0 Å². The summed E-state index contributed by atoms with van der Waals surface area (Å²) in [5.41, 5.74) is -0.728. The molecule has 1 amide bonds. The van der Waals surface area contributed by atoms with Crippen LogP contribution < -0.4 is 10.6 Å². The summed E-state index contributed by atoms with van der Waals surface area (Å²) in [4.78, 5) is 16.2. The van der Waals surface area contributed by atoms with Gasteiger partial charge in [-0.15, -0.1) is 0 Å². The topological polar surface area (TPSA) is 83.5 Å². The zero-order valence-electron chi connectivity index (χ0n) is 13.1. The zero-order chi connectivity index (χ0) is 17.0. The van der Waals surface area contributed by atoms with Crippen molar-refractivity contribution in [3.8, 4) is 0 Å². The Bertz CT molecular complexity index is 559. The minimum Gasteiger partial charge on any atom is -0.387 e. The van der Waals surface area contributed by atoms with Crippen molar-refractivity contribution in [2.45, 2.75) is 38.1 Å². The summed E-state index contributed by atoms with van der Waals surface area (Å²) in [6, 6.07) is 1.64. The highest BCUT2D eigenvalue weighted by molar-refractivity contribution is 6.29. The van der Waals surface area contributed by atoms with Gasteiger partial charge in [-0.1, -0.05) is 11.6 Å². The molecule has 2 atom stereocenters. The summed E-state index contributed by atoms with van der Waals surface area (Å²) in [5, 5.41) is 15.5. The Morgan fingerprint density at radius 3 is 3.00 bits per heavy atom. The van der Waals surface area contributed by atoms with E-state index in [1.807, 2.05) is 0 Å². The molecular formula is C15H21ClFN3O3. The predicted molar refractivity (Wildman–Crippen MR) is 85.6 cm³/mol. The molecule has 1 saturated heterocycles. The SMILES string of the molecule is CC(C)(O)[C@H](F)CNC(=O)c1cnc(Cl)cc1N[C@H]1CCOC1. The van der Waals surface area contributed by atoms with Crippen molar-refractivity contribution in [1.82, 2.24) is 10.3 Å². The highest BCUT2D eigenvalue weighted by Gasteiger charge is 2.27. The van der Waals surface area contributed by atoms with E-state index in [1.165, 1.54) is 20.0 Å². The first-order chi connectivity index (χ1) is 10.8. The molecule has 2 heterocycles. The molecule has 1 aliphatic rings. The van der Waals surface area contributed by atoms with Gasteiger partial charge in [0.25, 0.3) is 5.91 Å². The lowest BCUT2D eigenvalue weighted by molar-refractivity contribution is -0.00177. The summed E-state index contributed by atoms with van der Waals surface area (Å²) < 4.78 is 19.0. The highest BCUT2D eigenvalue weighted by atomic mass is 35.5. The number of carbonyl (C=O) groups is 1. The molecule has 0 aromatic carbocycles. The number of aromatic nitrogens is 1. The molecule has 6 nitrogen and oxygen atoms in total. The van der Waals surface area contributed by atoms with E-state index in [2.05, 4.69) is 15.6 Å². The second-order valence-corrected chi connectivity index (χ2v) is 6.48. The maximum Gasteiger partial charge on any atom is 0.255 e. The van der Waals surface area contributed by atoms with Crippen LogP contribution in [0.1, 0.15) is 30.6 Å². The number of nitrogens with zero attached hydrogens (tertiary/aromatic N) is 1. The van der Waals surface area contributed by atoms with Gasteiger partial charge in [-0.3, -0.25) is 4.79 Å². The van der Waals surface area contributed by atoms with Crippen LogP contribution in [-0.2, 0) is 4.74 Å². The summed E-state index contributed by atoms with van der Waals surface area (Å²) in [6.45, 7) is 3.61. The van der Waals surface area contributed by atoms with Crippen molar-refractivity contribution in [2.24, 2.45) is 0 Å². The second kappa shape index (κ2) is 7.42. The minimum atomic E-state index is -1.58. The number of carbonyl (C=O) groups excluding carboxylic acids is 1. The lowest BCUT2D eigenvalue weighted by atomic mass is 10.0. The van der Waals surface area contributed by atoms with E-state index in [0.29, 0.717) is 18.9 Å². The fourth-order valence-corrected chi connectivity index (χ4v) is 2.28. The van der Waals surface area contributed by atoms with Gasteiger partial charge in [0.2, 0.25) is 0 Å². The first-order valence-electron chi connectivity index (χ1n) is 7.42. The lowest BCUT2D eigenvalue weighted by Crippen LogP contribution is -2.42. The normalized spacial score (nSPS) is 19.4. The summed E-state index contributed by atoms with van der Waals surface area (Å²) in [6.07, 6.45) is 0.589. The maximum absolute atomic E-state index is 13.7. The van der Waals surface area contributed by atoms with Crippen LogP contribution in [0.25, 0.3) is 0 Å². The predicted octanol–water partition coefficient (Wildman–Crippen LogP) is 1.77. The Hall–Kier alpha value is -1.44. The molecule has 0 unspecified atom stereocenters. The molecule has 2 rings (SSSR count). The average Bonchev–Trinajstić information content (AvgIpc) is 2.96. The van der Waals surface area contributed by atoms with Gasteiger partial charge in [-0.25, -0.2) is 9.37 Å². The van der Waals surface area contributed by atoms with Crippen LogP contribution in [0.15, 0.2) is 12.3 Å². The number of ether oxygens (including phenoxy) is 1. The third-order valence-corrected chi connectivity index (χ3v) is 3.82. The Morgan fingerprint density at radius 1 is 1.65 bits per heavy atom. The van der Waals surface area contributed by atoms with Gasteiger partial charge in [0.05, 0.1) is 36.0 Å². The molecule has 0 bridgehead atoms. The molecule has 0 aliphatic carbocycles. The number of rotatable bonds is 6. The molecule has 23 heavy (non-hydrogen) atoms. The largest absolute Gasteiger partial charge is 0.387 e. The number of hydrogen-bond acceptors (Lipinski definition) is 5. The van der Waals surface area contributed by atoms with E-state index < -0.39 is 17.7 Å².